The molecule has 2 nitrogen and oxygen atoms in total. The molecule has 1 aliphatic rings. The van der Waals surface area contributed by atoms with Crippen LogP contribution >= 0.6 is 0 Å². The van der Waals surface area contributed by atoms with Crippen LogP contribution in [0.15, 0.2) is 4.42 Å². The Morgan fingerprint density at radius 1 is 1.00 bits per heavy atom. The van der Waals surface area contributed by atoms with E-state index in [0.29, 0.717) is 16.7 Å². The van der Waals surface area contributed by atoms with Crippen LogP contribution in [-0.4, -0.2) is 4.98 Å². The van der Waals surface area contributed by atoms with Crippen LogP contribution < -0.4 is 0 Å². The number of nitrogens with zero attached hydrogens (tertiary/aromatic N) is 1. The third-order valence-corrected chi connectivity index (χ3v) is 4.05. The second kappa shape index (κ2) is 4.40. The zero-order valence-corrected chi connectivity index (χ0v) is 12.8. The van der Waals surface area contributed by atoms with Crippen molar-refractivity contribution in [1.29, 1.82) is 0 Å². The van der Waals surface area contributed by atoms with Crippen LogP contribution in [0.25, 0.3) is 0 Å². The highest BCUT2D eigenvalue weighted by atomic mass is 16.4. The van der Waals surface area contributed by atoms with Crippen molar-refractivity contribution in [2.24, 2.45) is 10.8 Å². The Bertz CT molecular complexity index is 391. The molecular formula is C16H27NO. The van der Waals surface area contributed by atoms with E-state index in [0.717, 1.165) is 24.5 Å². The summed E-state index contributed by atoms with van der Waals surface area (Å²) in [6.07, 6.45) is 4.60. The van der Waals surface area contributed by atoms with Gasteiger partial charge in [-0.1, -0.05) is 41.5 Å². The van der Waals surface area contributed by atoms with E-state index < -0.39 is 0 Å². The van der Waals surface area contributed by atoms with Gasteiger partial charge in [0, 0.05) is 12.3 Å². The largest absolute Gasteiger partial charge is 0.445 e. The topological polar surface area (TPSA) is 26.0 Å². The molecule has 0 unspecified atom stereocenters. The molecule has 1 aliphatic carbocycles. The summed E-state index contributed by atoms with van der Waals surface area (Å²) in [4.78, 5) is 4.75. The van der Waals surface area contributed by atoms with Gasteiger partial charge in [0.2, 0.25) is 0 Å². The number of rotatable bonds is 1. The average molecular weight is 249 g/mol. The van der Waals surface area contributed by atoms with Crippen LogP contribution in [0.1, 0.15) is 77.6 Å². The van der Waals surface area contributed by atoms with Crippen molar-refractivity contribution in [3.63, 3.8) is 0 Å². The van der Waals surface area contributed by atoms with Crippen LogP contribution in [0.3, 0.4) is 0 Å². The standard InChI is InChI=1S/C16H27NO/c1-11(2)14-17-12-9-15(3,4)7-8-16(5,6)10-13(12)18-14/h11H,7-10H2,1-6H3. The lowest BCUT2D eigenvalue weighted by atomic mass is 9.72. The van der Waals surface area contributed by atoms with Crippen molar-refractivity contribution in [3.8, 4) is 0 Å². The summed E-state index contributed by atoms with van der Waals surface area (Å²) in [6.45, 7) is 13.7. The third kappa shape index (κ3) is 2.96. The number of aromatic nitrogens is 1. The summed E-state index contributed by atoms with van der Waals surface area (Å²) in [5.41, 5.74) is 1.86. The average Bonchev–Trinajstić information content (AvgIpc) is 2.56. The van der Waals surface area contributed by atoms with E-state index in [9.17, 15) is 0 Å². The van der Waals surface area contributed by atoms with Crippen LogP contribution in [0.5, 0.6) is 0 Å². The Morgan fingerprint density at radius 3 is 2.11 bits per heavy atom. The summed E-state index contributed by atoms with van der Waals surface area (Å²) in [5, 5.41) is 0. The lowest BCUT2D eigenvalue weighted by Crippen LogP contribution is -2.25. The van der Waals surface area contributed by atoms with Gasteiger partial charge < -0.3 is 4.42 Å². The van der Waals surface area contributed by atoms with Crippen molar-refractivity contribution in [2.45, 2.75) is 73.1 Å². The van der Waals surface area contributed by atoms with Gasteiger partial charge in [0.25, 0.3) is 0 Å². The van der Waals surface area contributed by atoms with E-state index in [1.54, 1.807) is 0 Å². The van der Waals surface area contributed by atoms with Crippen molar-refractivity contribution in [1.82, 2.24) is 4.98 Å². The SMILES string of the molecule is CC(C)c1nc2c(o1)CC(C)(C)CCC(C)(C)C2. The van der Waals surface area contributed by atoms with E-state index in [1.165, 1.54) is 18.5 Å². The van der Waals surface area contributed by atoms with Gasteiger partial charge in [-0.2, -0.15) is 0 Å². The van der Waals surface area contributed by atoms with E-state index in [4.69, 9.17) is 9.40 Å². The lowest BCUT2D eigenvalue weighted by molar-refractivity contribution is 0.211. The summed E-state index contributed by atoms with van der Waals surface area (Å²) in [6, 6.07) is 0. The predicted molar refractivity (Wildman–Crippen MR) is 74.8 cm³/mol. The third-order valence-electron chi connectivity index (χ3n) is 4.05. The van der Waals surface area contributed by atoms with Crippen LogP contribution in [-0.2, 0) is 12.8 Å². The van der Waals surface area contributed by atoms with Crippen LogP contribution in [0, 0.1) is 10.8 Å². The van der Waals surface area contributed by atoms with Crippen LogP contribution in [0.4, 0.5) is 0 Å². The number of hydrogen-bond donors (Lipinski definition) is 0. The molecule has 18 heavy (non-hydrogen) atoms. The first kappa shape index (κ1) is 13.6. The molecule has 102 valence electrons. The molecule has 0 spiro atoms. The minimum atomic E-state index is 0.320. The molecule has 0 saturated carbocycles. The normalized spacial score (nSPS) is 22.4. The van der Waals surface area contributed by atoms with E-state index in [2.05, 4.69) is 41.5 Å². The molecule has 2 heteroatoms. The molecule has 1 heterocycles. The van der Waals surface area contributed by atoms with Gasteiger partial charge in [-0.25, -0.2) is 4.98 Å². The molecule has 0 aliphatic heterocycles. The highest BCUT2D eigenvalue weighted by Gasteiger charge is 2.32. The maximum absolute atomic E-state index is 6.02. The first-order chi connectivity index (χ1) is 8.19. The van der Waals surface area contributed by atoms with E-state index in [-0.39, 0.29) is 0 Å². The van der Waals surface area contributed by atoms with Gasteiger partial charge in [0.15, 0.2) is 5.89 Å². The van der Waals surface area contributed by atoms with Crippen molar-refractivity contribution >= 4 is 0 Å². The molecule has 0 N–H and O–H groups in total. The lowest BCUT2D eigenvalue weighted by Gasteiger charge is -2.33. The Hall–Kier alpha value is -0.790. The second-order valence-electron chi connectivity index (χ2n) is 7.76. The molecule has 0 atom stereocenters. The van der Waals surface area contributed by atoms with Gasteiger partial charge in [0.1, 0.15) is 5.76 Å². The maximum atomic E-state index is 6.02. The molecule has 0 amide bonds. The Kier molecular flexibility index (Phi) is 3.33. The molecule has 2 rings (SSSR count). The Labute approximate surface area is 111 Å². The summed E-state index contributed by atoms with van der Waals surface area (Å²) >= 11 is 0. The quantitative estimate of drug-likeness (QED) is 0.719. The highest BCUT2D eigenvalue weighted by Crippen LogP contribution is 2.40. The van der Waals surface area contributed by atoms with Crippen molar-refractivity contribution in [2.75, 3.05) is 0 Å². The zero-order chi connectivity index (χ0) is 13.6. The number of hydrogen-bond acceptors (Lipinski definition) is 2. The molecule has 0 radical (unpaired) electrons. The van der Waals surface area contributed by atoms with Crippen molar-refractivity contribution in [3.05, 3.63) is 17.3 Å². The second-order valence-corrected chi connectivity index (χ2v) is 7.76. The fraction of sp³-hybridized carbons (Fsp3) is 0.812. The summed E-state index contributed by atoms with van der Waals surface area (Å²) < 4.78 is 6.02. The molecule has 0 aromatic carbocycles. The molecule has 1 aromatic heterocycles. The van der Waals surface area contributed by atoms with Gasteiger partial charge in [-0.05, 0) is 30.1 Å². The number of oxazole rings is 1. The van der Waals surface area contributed by atoms with Gasteiger partial charge in [-0.3, -0.25) is 0 Å². The first-order valence-corrected chi connectivity index (χ1v) is 7.17. The van der Waals surface area contributed by atoms with Gasteiger partial charge >= 0.3 is 0 Å². The van der Waals surface area contributed by atoms with Gasteiger partial charge in [-0.15, -0.1) is 0 Å². The molecule has 0 saturated heterocycles. The van der Waals surface area contributed by atoms with Crippen molar-refractivity contribution < 1.29 is 4.42 Å². The summed E-state index contributed by atoms with van der Waals surface area (Å²) in [5.74, 6) is 2.43. The van der Waals surface area contributed by atoms with Crippen LogP contribution in [0.2, 0.25) is 0 Å². The first-order valence-electron chi connectivity index (χ1n) is 7.17. The monoisotopic (exact) mass is 249 g/mol. The minimum Gasteiger partial charge on any atom is -0.445 e. The van der Waals surface area contributed by atoms with Gasteiger partial charge in [0.05, 0.1) is 5.69 Å². The molecule has 0 bridgehead atoms. The summed E-state index contributed by atoms with van der Waals surface area (Å²) in [7, 11) is 0. The fourth-order valence-corrected chi connectivity index (χ4v) is 2.67. The van der Waals surface area contributed by atoms with E-state index >= 15 is 0 Å². The molecule has 1 aromatic rings. The van der Waals surface area contributed by atoms with E-state index in [1.807, 2.05) is 0 Å². The smallest absolute Gasteiger partial charge is 0.197 e. The Balaban J connectivity index is 2.40. The fourth-order valence-electron chi connectivity index (χ4n) is 2.67. The minimum absolute atomic E-state index is 0.320. The maximum Gasteiger partial charge on any atom is 0.197 e. The predicted octanol–water partition coefficient (Wildman–Crippen LogP) is 4.73. The zero-order valence-electron chi connectivity index (χ0n) is 12.8. The molecular weight excluding hydrogens is 222 g/mol. The number of fused-ring (bicyclic) bond motifs is 1. The molecule has 0 fully saturated rings. The Morgan fingerprint density at radius 2 is 1.56 bits per heavy atom. The highest BCUT2D eigenvalue weighted by molar-refractivity contribution is 5.16.